The summed E-state index contributed by atoms with van der Waals surface area (Å²) in [6.07, 6.45) is 2.08. The molecule has 1 N–H and O–H groups in total. The topological polar surface area (TPSA) is 21.3 Å². The molecule has 0 fully saturated rings. The molecule has 1 unspecified atom stereocenters. The molecular weight excluding hydrogens is 334 g/mol. The minimum Gasteiger partial charge on any atom is -0.496 e. The van der Waals surface area contributed by atoms with Crippen molar-refractivity contribution in [2.45, 2.75) is 25.8 Å². The average molecular weight is 354 g/mol. The van der Waals surface area contributed by atoms with Gasteiger partial charge in [-0.25, -0.2) is 0 Å². The third kappa shape index (κ3) is 3.84. The van der Waals surface area contributed by atoms with Crippen LogP contribution in [0.25, 0.3) is 0 Å². The molecule has 0 radical (unpaired) electrons. The molecule has 0 saturated carbocycles. The van der Waals surface area contributed by atoms with Gasteiger partial charge in [-0.1, -0.05) is 41.1 Å². The van der Waals surface area contributed by atoms with Crippen LogP contribution in [0.4, 0.5) is 0 Å². The van der Waals surface area contributed by atoms with Gasteiger partial charge in [0, 0.05) is 10.5 Å². The Labute approximate surface area is 133 Å². The first-order chi connectivity index (χ1) is 9.76. The number of hydrogen-bond donors (Lipinski definition) is 1. The smallest absolute Gasteiger partial charge is 0.134 e. The molecule has 4 heteroatoms. The van der Waals surface area contributed by atoms with Gasteiger partial charge in [0.1, 0.15) is 5.75 Å². The van der Waals surface area contributed by atoms with Gasteiger partial charge < -0.3 is 10.1 Å². The molecule has 108 valence electrons. The quantitative estimate of drug-likeness (QED) is 0.771. The van der Waals surface area contributed by atoms with E-state index in [1.54, 1.807) is 18.4 Å². The van der Waals surface area contributed by atoms with Crippen molar-refractivity contribution in [2.24, 2.45) is 0 Å². The molecule has 0 aliphatic heterocycles. The van der Waals surface area contributed by atoms with Crippen molar-refractivity contribution in [2.75, 3.05) is 13.7 Å². The number of ether oxygens (including phenoxy) is 1. The number of methoxy groups -OCH3 is 1. The normalized spacial score (nSPS) is 12.3. The summed E-state index contributed by atoms with van der Waals surface area (Å²) < 4.78 is 6.64. The first-order valence-electron chi connectivity index (χ1n) is 6.84. The van der Waals surface area contributed by atoms with Crippen LogP contribution in [0.1, 0.15) is 29.8 Å². The Kier molecular flexibility index (Phi) is 6.07. The minimum atomic E-state index is 0.295. The van der Waals surface area contributed by atoms with Crippen molar-refractivity contribution in [3.63, 3.8) is 0 Å². The SMILES string of the molecule is CCCNC(Cc1ccccc1Br)c1sccc1OC. The maximum Gasteiger partial charge on any atom is 0.134 e. The Morgan fingerprint density at radius 3 is 2.80 bits per heavy atom. The zero-order valence-electron chi connectivity index (χ0n) is 11.9. The molecule has 20 heavy (non-hydrogen) atoms. The lowest BCUT2D eigenvalue weighted by Crippen LogP contribution is -2.23. The Hall–Kier alpha value is -0.840. The molecule has 0 aliphatic carbocycles. The van der Waals surface area contributed by atoms with Crippen molar-refractivity contribution in [1.82, 2.24) is 5.32 Å². The van der Waals surface area contributed by atoms with Gasteiger partial charge in [-0.2, -0.15) is 0 Å². The monoisotopic (exact) mass is 353 g/mol. The van der Waals surface area contributed by atoms with Crippen molar-refractivity contribution in [3.8, 4) is 5.75 Å². The number of rotatable bonds is 7. The molecule has 1 aromatic heterocycles. The molecule has 0 amide bonds. The summed E-state index contributed by atoms with van der Waals surface area (Å²) in [5.41, 5.74) is 1.32. The van der Waals surface area contributed by atoms with Crippen LogP contribution in [0.3, 0.4) is 0 Å². The zero-order valence-corrected chi connectivity index (χ0v) is 14.3. The van der Waals surface area contributed by atoms with Gasteiger partial charge in [0.2, 0.25) is 0 Å². The summed E-state index contributed by atoms with van der Waals surface area (Å²) in [6.45, 7) is 3.20. The van der Waals surface area contributed by atoms with Crippen LogP contribution in [0, 0.1) is 0 Å². The molecule has 1 heterocycles. The molecule has 0 bridgehead atoms. The fourth-order valence-electron chi connectivity index (χ4n) is 2.19. The second kappa shape index (κ2) is 7.81. The van der Waals surface area contributed by atoms with E-state index < -0.39 is 0 Å². The van der Waals surface area contributed by atoms with E-state index in [-0.39, 0.29) is 0 Å². The second-order valence-corrected chi connectivity index (χ2v) is 6.46. The molecular formula is C16H20BrNOS. The van der Waals surface area contributed by atoms with Crippen LogP contribution in [-0.2, 0) is 6.42 Å². The lowest BCUT2D eigenvalue weighted by Gasteiger charge is -2.19. The van der Waals surface area contributed by atoms with Gasteiger partial charge in [0.15, 0.2) is 0 Å². The van der Waals surface area contributed by atoms with Gasteiger partial charge in [0.25, 0.3) is 0 Å². The number of halogens is 1. The summed E-state index contributed by atoms with van der Waals surface area (Å²) in [5.74, 6) is 0.982. The lowest BCUT2D eigenvalue weighted by molar-refractivity contribution is 0.402. The van der Waals surface area contributed by atoms with Gasteiger partial charge in [-0.15, -0.1) is 11.3 Å². The van der Waals surface area contributed by atoms with E-state index in [1.165, 1.54) is 14.9 Å². The van der Waals surface area contributed by atoms with Crippen molar-refractivity contribution in [3.05, 3.63) is 50.6 Å². The standard InChI is InChI=1S/C16H20BrNOS/c1-3-9-18-14(16-15(19-2)8-10-20-16)11-12-6-4-5-7-13(12)17/h4-8,10,14,18H,3,9,11H2,1-2H3. The Morgan fingerprint density at radius 2 is 2.10 bits per heavy atom. The van der Waals surface area contributed by atoms with Crippen molar-refractivity contribution in [1.29, 1.82) is 0 Å². The second-order valence-electron chi connectivity index (χ2n) is 4.66. The molecule has 2 aromatic rings. The lowest BCUT2D eigenvalue weighted by atomic mass is 10.0. The minimum absolute atomic E-state index is 0.295. The highest BCUT2D eigenvalue weighted by Gasteiger charge is 2.18. The first kappa shape index (κ1) is 15.5. The van der Waals surface area contributed by atoms with E-state index in [9.17, 15) is 0 Å². The predicted octanol–water partition coefficient (Wildman–Crippen LogP) is 4.80. The van der Waals surface area contributed by atoms with Crippen LogP contribution in [0.5, 0.6) is 5.75 Å². The van der Waals surface area contributed by atoms with Crippen LogP contribution in [0.15, 0.2) is 40.2 Å². The van der Waals surface area contributed by atoms with Gasteiger partial charge in [-0.05, 0) is 42.5 Å². The van der Waals surface area contributed by atoms with Crippen LogP contribution in [0.2, 0.25) is 0 Å². The third-order valence-electron chi connectivity index (χ3n) is 3.22. The summed E-state index contributed by atoms with van der Waals surface area (Å²) in [4.78, 5) is 1.27. The van der Waals surface area contributed by atoms with Crippen LogP contribution in [-0.4, -0.2) is 13.7 Å². The van der Waals surface area contributed by atoms with E-state index in [0.717, 1.165) is 25.1 Å². The Morgan fingerprint density at radius 1 is 1.30 bits per heavy atom. The summed E-state index contributed by atoms with van der Waals surface area (Å²) >= 11 is 5.39. The maximum absolute atomic E-state index is 5.47. The van der Waals surface area contributed by atoms with Crippen LogP contribution >= 0.6 is 27.3 Å². The highest BCUT2D eigenvalue weighted by atomic mass is 79.9. The molecule has 1 aromatic carbocycles. The summed E-state index contributed by atoms with van der Waals surface area (Å²) in [5, 5.41) is 5.72. The van der Waals surface area contributed by atoms with Gasteiger partial charge >= 0.3 is 0 Å². The Bertz CT molecular complexity index is 541. The number of nitrogens with one attached hydrogen (secondary N) is 1. The number of benzene rings is 1. The van der Waals surface area contributed by atoms with Crippen LogP contribution < -0.4 is 10.1 Å². The fourth-order valence-corrected chi connectivity index (χ4v) is 3.58. The molecule has 0 spiro atoms. The van der Waals surface area contributed by atoms with E-state index in [1.807, 2.05) is 12.1 Å². The highest BCUT2D eigenvalue weighted by molar-refractivity contribution is 9.10. The molecule has 2 nitrogen and oxygen atoms in total. The number of hydrogen-bond acceptors (Lipinski definition) is 3. The summed E-state index contributed by atoms with van der Waals surface area (Å²) in [6, 6.07) is 10.7. The zero-order chi connectivity index (χ0) is 14.4. The molecule has 2 rings (SSSR count). The average Bonchev–Trinajstić information content (AvgIpc) is 2.93. The number of thiophene rings is 1. The molecule has 0 aliphatic rings. The maximum atomic E-state index is 5.47. The Balaban J connectivity index is 2.22. The molecule has 1 atom stereocenters. The van der Waals surface area contributed by atoms with E-state index in [4.69, 9.17) is 4.74 Å². The van der Waals surface area contributed by atoms with E-state index in [0.29, 0.717) is 6.04 Å². The van der Waals surface area contributed by atoms with Crippen molar-refractivity contribution < 1.29 is 4.74 Å². The largest absolute Gasteiger partial charge is 0.496 e. The van der Waals surface area contributed by atoms with Crippen molar-refractivity contribution >= 4 is 27.3 Å². The fraction of sp³-hybridized carbons (Fsp3) is 0.375. The summed E-state index contributed by atoms with van der Waals surface area (Å²) in [7, 11) is 1.74. The van der Waals surface area contributed by atoms with E-state index in [2.05, 4.69) is 51.7 Å². The predicted molar refractivity (Wildman–Crippen MR) is 89.8 cm³/mol. The van der Waals surface area contributed by atoms with Gasteiger partial charge in [0.05, 0.1) is 12.0 Å². The first-order valence-corrected chi connectivity index (χ1v) is 8.51. The third-order valence-corrected chi connectivity index (χ3v) is 5.00. The van der Waals surface area contributed by atoms with Gasteiger partial charge in [-0.3, -0.25) is 0 Å². The highest BCUT2D eigenvalue weighted by Crippen LogP contribution is 2.34. The van der Waals surface area contributed by atoms with E-state index >= 15 is 0 Å². The molecule has 0 saturated heterocycles.